The van der Waals surface area contributed by atoms with Gasteiger partial charge in [-0.15, -0.1) is 0 Å². The van der Waals surface area contributed by atoms with Crippen molar-refractivity contribution >= 4 is 11.7 Å². The predicted octanol–water partition coefficient (Wildman–Crippen LogP) is 1.31. The van der Waals surface area contributed by atoms with Crippen LogP contribution in [0.25, 0.3) is 0 Å². The molecule has 0 aromatic heterocycles. The van der Waals surface area contributed by atoms with Gasteiger partial charge in [-0.25, -0.2) is 0 Å². The second-order valence-corrected chi connectivity index (χ2v) is 3.46. The number of benzene rings is 1. The van der Waals surface area contributed by atoms with E-state index in [1.807, 2.05) is 30.3 Å². The monoisotopic (exact) mass is 205 g/mol. The molecule has 0 heterocycles. The van der Waals surface area contributed by atoms with Gasteiger partial charge < -0.3 is 5.73 Å². The average Bonchev–Trinajstić information content (AvgIpc) is 2.26. The van der Waals surface area contributed by atoms with Gasteiger partial charge in [-0.1, -0.05) is 37.3 Å². The van der Waals surface area contributed by atoms with Crippen LogP contribution < -0.4 is 5.73 Å². The predicted molar refractivity (Wildman–Crippen MR) is 58.1 cm³/mol. The summed E-state index contributed by atoms with van der Waals surface area (Å²) < 4.78 is 0. The molecule has 1 atom stereocenters. The van der Waals surface area contributed by atoms with Gasteiger partial charge in [0.15, 0.2) is 0 Å². The second-order valence-electron chi connectivity index (χ2n) is 3.46. The van der Waals surface area contributed by atoms with Crippen molar-refractivity contribution in [2.75, 3.05) is 0 Å². The van der Waals surface area contributed by atoms with E-state index in [9.17, 15) is 9.59 Å². The lowest BCUT2D eigenvalue weighted by atomic mass is 9.93. The maximum Gasteiger partial charge on any atom is 0.228 e. The molecule has 1 aromatic rings. The van der Waals surface area contributed by atoms with Crippen molar-refractivity contribution in [3.63, 3.8) is 0 Å². The Bertz CT molecular complexity index is 346. The van der Waals surface area contributed by atoms with Crippen LogP contribution in [0.1, 0.15) is 18.9 Å². The van der Waals surface area contributed by atoms with Gasteiger partial charge in [0.2, 0.25) is 5.91 Å². The molecular formula is C12H15NO2. The molecule has 0 fully saturated rings. The highest BCUT2D eigenvalue weighted by atomic mass is 16.2. The number of amides is 1. The summed E-state index contributed by atoms with van der Waals surface area (Å²) in [5.74, 6) is -1.31. The number of hydrogen-bond acceptors (Lipinski definition) is 2. The van der Waals surface area contributed by atoms with Crippen LogP contribution in [-0.4, -0.2) is 11.7 Å². The zero-order chi connectivity index (χ0) is 11.3. The van der Waals surface area contributed by atoms with Crippen LogP contribution in [-0.2, 0) is 16.0 Å². The fourth-order valence-corrected chi connectivity index (χ4v) is 1.47. The van der Waals surface area contributed by atoms with Gasteiger partial charge in [0.25, 0.3) is 0 Å². The van der Waals surface area contributed by atoms with Gasteiger partial charge in [0.05, 0.1) is 0 Å². The third kappa shape index (κ3) is 3.20. The van der Waals surface area contributed by atoms with E-state index < -0.39 is 11.8 Å². The number of ketones is 1. The first-order valence-electron chi connectivity index (χ1n) is 5.01. The highest BCUT2D eigenvalue weighted by molar-refractivity contribution is 6.00. The summed E-state index contributed by atoms with van der Waals surface area (Å²) >= 11 is 0. The van der Waals surface area contributed by atoms with Crippen molar-refractivity contribution in [3.05, 3.63) is 35.9 Å². The van der Waals surface area contributed by atoms with Gasteiger partial charge >= 0.3 is 0 Å². The largest absolute Gasteiger partial charge is 0.369 e. The highest BCUT2D eigenvalue weighted by Crippen LogP contribution is 2.10. The fraction of sp³-hybridized carbons (Fsp3) is 0.333. The standard InChI is InChI=1S/C12H15NO2/c1-2-11(14)10(12(13)15)8-9-6-4-3-5-7-9/h3-7,10H,2,8H2,1H3,(H2,13,15). The molecule has 1 aromatic carbocycles. The van der Waals surface area contributed by atoms with Crippen molar-refractivity contribution in [1.82, 2.24) is 0 Å². The number of Topliss-reactive ketones (excluding diaryl/α,β-unsaturated/α-hetero) is 1. The van der Waals surface area contributed by atoms with Crippen molar-refractivity contribution in [1.29, 1.82) is 0 Å². The third-order valence-electron chi connectivity index (χ3n) is 2.36. The van der Waals surface area contributed by atoms with Gasteiger partial charge in [0, 0.05) is 6.42 Å². The third-order valence-corrected chi connectivity index (χ3v) is 2.36. The zero-order valence-electron chi connectivity index (χ0n) is 8.77. The van der Waals surface area contributed by atoms with E-state index in [-0.39, 0.29) is 5.78 Å². The zero-order valence-corrected chi connectivity index (χ0v) is 8.77. The van der Waals surface area contributed by atoms with Crippen molar-refractivity contribution in [2.45, 2.75) is 19.8 Å². The summed E-state index contributed by atoms with van der Waals surface area (Å²) in [6, 6.07) is 9.43. The lowest BCUT2D eigenvalue weighted by Gasteiger charge is -2.10. The molecule has 15 heavy (non-hydrogen) atoms. The summed E-state index contributed by atoms with van der Waals surface area (Å²) in [6.45, 7) is 1.74. The molecule has 0 aliphatic rings. The Hall–Kier alpha value is -1.64. The van der Waals surface area contributed by atoms with Crippen LogP contribution in [0.4, 0.5) is 0 Å². The Kier molecular flexibility index (Phi) is 4.03. The van der Waals surface area contributed by atoms with E-state index in [4.69, 9.17) is 5.73 Å². The number of carbonyl (C=O) groups is 2. The Morgan fingerprint density at radius 3 is 2.33 bits per heavy atom. The summed E-state index contributed by atoms with van der Waals surface area (Å²) in [5.41, 5.74) is 6.16. The smallest absolute Gasteiger partial charge is 0.228 e. The van der Waals surface area contributed by atoms with Crippen LogP contribution in [0.15, 0.2) is 30.3 Å². The topological polar surface area (TPSA) is 60.2 Å². The van der Waals surface area contributed by atoms with Gasteiger partial charge in [0.1, 0.15) is 11.7 Å². The molecule has 0 spiro atoms. The molecule has 0 bridgehead atoms. The fourth-order valence-electron chi connectivity index (χ4n) is 1.47. The van der Waals surface area contributed by atoms with Crippen molar-refractivity contribution in [2.24, 2.45) is 11.7 Å². The Morgan fingerprint density at radius 2 is 1.87 bits per heavy atom. The Balaban J connectivity index is 2.76. The number of hydrogen-bond donors (Lipinski definition) is 1. The molecule has 80 valence electrons. The van der Waals surface area contributed by atoms with Crippen LogP contribution in [0.3, 0.4) is 0 Å². The summed E-state index contributed by atoms with van der Waals surface area (Å²) in [5, 5.41) is 0. The van der Waals surface area contributed by atoms with Crippen LogP contribution >= 0.6 is 0 Å². The average molecular weight is 205 g/mol. The van der Waals surface area contributed by atoms with E-state index in [2.05, 4.69) is 0 Å². The summed E-state index contributed by atoms with van der Waals surface area (Å²) in [4.78, 5) is 22.6. The van der Waals surface area contributed by atoms with Gasteiger partial charge in [-0.05, 0) is 12.0 Å². The number of carbonyl (C=O) groups excluding carboxylic acids is 2. The van der Waals surface area contributed by atoms with E-state index >= 15 is 0 Å². The van der Waals surface area contributed by atoms with E-state index in [1.165, 1.54) is 0 Å². The Labute approximate surface area is 89.3 Å². The molecular weight excluding hydrogens is 190 g/mol. The van der Waals surface area contributed by atoms with E-state index in [0.717, 1.165) is 5.56 Å². The molecule has 1 amide bonds. The van der Waals surface area contributed by atoms with Gasteiger partial charge in [-0.2, -0.15) is 0 Å². The first kappa shape index (κ1) is 11.4. The second kappa shape index (κ2) is 5.29. The molecule has 0 aliphatic carbocycles. The minimum atomic E-state index is -0.683. The lowest BCUT2D eigenvalue weighted by Crippen LogP contribution is -2.31. The van der Waals surface area contributed by atoms with Crippen molar-refractivity contribution < 1.29 is 9.59 Å². The van der Waals surface area contributed by atoms with E-state index in [1.54, 1.807) is 6.92 Å². The molecule has 3 nitrogen and oxygen atoms in total. The minimum absolute atomic E-state index is 0.0913. The normalized spacial score (nSPS) is 12.1. The molecule has 3 heteroatoms. The number of nitrogens with two attached hydrogens (primary N) is 1. The quantitative estimate of drug-likeness (QED) is 0.737. The molecule has 0 aliphatic heterocycles. The summed E-state index contributed by atoms with van der Waals surface area (Å²) in [7, 11) is 0. The molecule has 2 N–H and O–H groups in total. The number of primary amides is 1. The maximum absolute atomic E-state index is 11.5. The first-order chi connectivity index (χ1) is 7.15. The SMILES string of the molecule is CCC(=O)C(Cc1ccccc1)C(N)=O. The van der Waals surface area contributed by atoms with Crippen LogP contribution in [0.5, 0.6) is 0 Å². The lowest BCUT2D eigenvalue weighted by molar-refractivity contribution is -0.131. The summed E-state index contributed by atoms with van der Waals surface area (Å²) in [6.07, 6.45) is 0.753. The Morgan fingerprint density at radius 1 is 1.27 bits per heavy atom. The van der Waals surface area contributed by atoms with Crippen molar-refractivity contribution in [3.8, 4) is 0 Å². The maximum atomic E-state index is 11.5. The highest BCUT2D eigenvalue weighted by Gasteiger charge is 2.22. The number of rotatable bonds is 5. The minimum Gasteiger partial charge on any atom is -0.369 e. The molecule has 1 rings (SSSR count). The molecule has 0 saturated carbocycles. The molecule has 1 unspecified atom stereocenters. The van der Waals surface area contributed by atoms with Crippen LogP contribution in [0, 0.1) is 5.92 Å². The molecule has 0 radical (unpaired) electrons. The first-order valence-corrected chi connectivity index (χ1v) is 5.01. The van der Waals surface area contributed by atoms with E-state index in [0.29, 0.717) is 12.8 Å². The van der Waals surface area contributed by atoms with Gasteiger partial charge in [-0.3, -0.25) is 9.59 Å². The van der Waals surface area contributed by atoms with Crippen LogP contribution in [0.2, 0.25) is 0 Å². The molecule has 0 saturated heterocycles.